The minimum Gasteiger partial charge on any atom is -0.396 e. The van der Waals surface area contributed by atoms with Crippen molar-refractivity contribution in [2.75, 3.05) is 18.5 Å². The van der Waals surface area contributed by atoms with Gasteiger partial charge in [0.2, 0.25) is 5.91 Å². The minimum atomic E-state index is -0.0445. The molecule has 23 heavy (non-hydrogen) atoms. The van der Waals surface area contributed by atoms with Crippen molar-refractivity contribution in [3.05, 3.63) is 66.2 Å². The zero-order valence-corrected chi connectivity index (χ0v) is 13.5. The van der Waals surface area contributed by atoms with Crippen LogP contribution in [0.5, 0.6) is 0 Å². The van der Waals surface area contributed by atoms with Gasteiger partial charge in [-0.3, -0.25) is 9.69 Å². The van der Waals surface area contributed by atoms with Crippen LogP contribution in [-0.2, 0) is 11.3 Å². The predicted molar refractivity (Wildman–Crippen MR) is 93.1 cm³/mol. The van der Waals surface area contributed by atoms with Gasteiger partial charge in [0.1, 0.15) is 0 Å². The molecule has 0 spiro atoms. The van der Waals surface area contributed by atoms with Gasteiger partial charge >= 0.3 is 0 Å². The van der Waals surface area contributed by atoms with Gasteiger partial charge < -0.3 is 10.4 Å². The topological polar surface area (TPSA) is 52.6 Å². The zero-order valence-electron chi connectivity index (χ0n) is 13.5. The Morgan fingerprint density at radius 3 is 2.30 bits per heavy atom. The van der Waals surface area contributed by atoms with Crippen molar-refractivity contribution in [3.63, 3.8) is 0 Å². The first-order chi connectivity index (χ1) is 11.2. The monoisotopic (exact) mass is 312 g/mol. The predicted octanol–water partition coefficient (Wildman–Crippen LogP) is 2.90. The van der Waals surface area contributed by atoms with Gasteiger partial charge in [-0.2, -0.15) is 0 Å². The lowest BCUT2D eigenvalue weighted by Gasteiger charge is -2.28. The van der Waals surface area contributed by atoms with Gasteiger partial charge in [0.25, 0.3) is 0 Å². The molecular formula is C19H24N2O2. The number of aliphatic hydroxyl groups is 1. The van der Waals surface area contributed by atoms with Crippen molar-refractivity contribution in [1.82, 2.24) is 4.90 Å². The molecule has 4 nitrogen and oxygen atoms in total. The lowest BCUT2D eigenvalue weighted by atomic mass is 10.1. The van der Waals surface area contributed by atoms with E-state index in [0.717, 1.165) is 11.3 Å². The highest BCUT2D eigenvalue weighted by Crippen LogP contribution is 2.12. The third-order valence-corrected chi connectivity index (χ3v) is 3.80. The first-order valence-electron chi connectivity index (χ1n) is 7.93. The summed E-state index contributed by atoms with van der Waals surface area (Å²) in [4.78, 5) is 14.4. The van der Waals surface area contributed by atoms with Crippen molar-refractivity contribution >= 4 is 11.6 Å². The fraction of sp³-hybridized carbons (Fsp3) is 0.316. The number of para-hydroxylation sites is 1. The Bertz CT molecular complexity index is 587. The first-order valence-corrected chi connectivity index (χ1v) is 7.93. The van der Waals surface area contributed by atoms with Crippen LogP contribution in [0.3, 0.4) is 0 Å². The van der Waals surface area contributed by atoms with E-state index >= 15 is 0 Å². The van der Waals surface area contributed by atoms with Crippen molar-refractivity contribution in [1.29, 1.82) is 0 Å². The van der Waals surface area contributed by atoms with E-state index in [0.29, 0.717) is 19.5 Å². The molecule has 0 aromatic heterocycles. The lowest BCUT2D eigenvalue weighted by molar-refractivity contribution is -0.118. The largest absolute Gasteiger partial charge is 0.396 e. The molecule has 0 aliphatic rings. The second-order valence-corrected chi connectivity index (χ2v) is 5.67. The van der Waals surface area contributed by atoms with Crippen LogP contribution in [0.25, 0.3) is 0 Å². The van der Waals surface area contributed by atoms with Gasteiger partial charge in [0, 0.05) is 24.9 Å². The van der Waals surface area contributed by atoms with Gasteiger partial charge in [-0.05, 0) is 31.0 Å². The average Bonchev–Trinajstić information content (AvgIpc) is 2.56. The third-order valence-electron chi connectivity index (χ3n) is 3.80. The van der Waals surface area contributed by atoms with Crippen LogP contribution in [0.4, 0.5) is 5.69 Å². The van der Waals surface area contributed by atoms with Crippen molar-refractivity contribution < 1.29 is 9.90 Å². The molecule has 1 unspecified atom stereocenters. The summed E-state index contributed by atoms with van der Waals surface area (Å²) in [6.07, 6.45) is 0.644. The molecule has 1 amide bonds. The molecule has 0 saturated carbocycles. The van der Waals surface area contributed by atoms with Crippen molar-refractivity contribution in [3.8, 4) is 0 Å². The number of anilines is 1. The number of carbonyl (C=O) groups excluding carboxylic acids is 1. The molecule has 0 aliphatic heterocycles. The Morgan fingerprint density at radius 1 is 1.09 bits per heavy atom. The maximum Gasteiger partial charge on any atom is 0.238 e. The summed E-state index contributed by atoms with van der Waals surface area (Å²) in [5.41, 5.74) is 1.96. The summed E-state index contributed by atoms with van der Waals surface area (Å²) in [5, 5.41) is 12.1. The van der Waals surface area contributed by atoms with E-state index in [2.05, 4.69) is 10.2 Å². The van der Waals surface area contributed by atoms with Gasteiger partial charge in [0.15, 0.2) is 0 Å². The minimum absolute atomic E-state index is 0.0445. The maximum absolute atomic E-state index is 12.3. The Hall–Kier alpha value is -2.17. The third kappa shape index (κ3) is 5.85. The zero-order chi connectivity index (χ0) is 16.5. The van der Waals surface area contributed by atoms with E-state index in [1.165, 1.54) is 0 Å². The average molecular weight is 312 g/mol. The summed E-state index contributed by atoms with van der Waals surface area (Å²) < 4.78 is 0. The molecule has 4 heteroatoms. The molecule has 2 rings (SSSR count). The molecule has 2 N–H and O–H groups in total. The summed E-state index contributed by atoms with van der Waals surface area (Å²) in [6, 6.07) is 19.6. The number of hydrogen-bond acceptors (Lipinski definition) is 3. The van der Waals surface area contributed by atoms with Crippen molar-refractivity contribution in [2.24, 2.45) is 0 Å². The van der Waals surface area contributed by atoms with Crippen LogP contribution < -0.4 is 5.32 Å². The Balaban J connectivity index is 2.00. The number of amides is 1. The number of aliphatic hydroxyl groups excluding tert-OH is 1. The summed E-state index contributed by atoms with van der Waals surface area (Å²) in [5.74, 6) is -0.0445. The number of hydrogen-bond donors (Lipinski definition) is 2. The second-order valence-electron chi connectivity index (χ2n) is 5.67. The Kier molecular flexibility index (Phi) is 6.78. The quantitative estimate of drug-likeness (QED) is 0.788. The highest BCUT2D eigenvalue weighted by molar-refractivity contribution is 5.92. The standard InChI is InChI=1S/C19H24N2O2/c1-16(12-13-22)21(14-17-8-4-2-5-9-17)15-19(23)20-18-10-6-3-7-11-18/h2-11,16,22H,12-15H2,1H3,(H,20,23). The molecule has 2 aromatic rings. The lowest BCUT2D eigenvalue weighted by Crippen LogP contribution is -2.39. The van der Waals surface area contributed by atoms with Crippen LogP contribution in [0.1, 0.15) is 18.9 Å². The summed E-state index contributed by atoms with van der Waals surface area (Å²) >= 11 is 0. The smallest absolute Gasteiger partial charge is 0.238 e. The van der Waals surface area contributed by atoms with Crippen LogP contribution in [0.15, 0.2) is 60.7 Å². The fourth-order valence-electron chi connectivity index (χ4n) is 2.46. The summed E-state index contributed by atoms with van der Waals surface area (Å²) in [6.45, 7) is 3.14. The molecule has 0 saturated heterocycles. The number of rotatable bonds is 8. The molecular weight excluding hydrogens is 288 g/mol. The van der Waals surface area contributed by atoms with Gasteiger partial charge in [-0.15, -0.1) is 0 Å². The van der Waals surface area contributed by atoms with Crippen LogP contribution >= 0.6 is 0 Å². The van der Waals surface area contributed by atoms with Crippen LogP contribution in [0, 0.1) is 0 Å². The van der Waals surface area contributed by atoms with E-state index < -0.39 is 0 Å². The molecule has 0 fully saturated rings. The van der Waals surface area contributed by atoms with Gasteiger partial charge in [-0.1, -0.05) is 48.5 Å². The first kappa shape index (κ1) is 17.2. The van der Waals surface area contributed by atoms with E-state index in [1.807, 2.05) is 67.6 Å². The van der Waals surface area contributed by atoms with E-state index in [-0.39, 0.29) is 18.6 Å². The SMILES string of the molecule is CC(CCO)N(CC(=O)Nc1ccccc1)Cc1ccccc1. The maximum atomic E-state index is 12.3. The molecule has 2 aromatic carbocycles. The fourth-order valence-corrected chi connectivity index (χ4v) is 2.46. The number of benzene rings is 2. The van der Waals surface area contributed by atoms with Gasteiger partial charge in [-0.25, -0.2) is 0 Å². The molecule has 1 atom stereocenters. The summed E-state index contributed by atoms with van der Waals surface area (Å²) in [7, 11) is 0. The van der Waals surface area contributed by atoms with E-state index in [1.54, 1.807) is 0 Å². The van der Waals surface area contributed by atoms with E-state index in [4.69, 9.17) is 0 Å². The molecule has 0 aliphatic carbocycles. The Morgan fingerprint density at radius 2 is 1.70 bits per heavy atom. The number of nitrogens with zero attached hydrogens (tertiary/aromatic N) is 1. The Labute approximate surface area is 137 Å². The molecule has 122 valence electrons. The van der Waals surface area contributed by atoms with Gasteiger partial charge in [0.05, 0.1) is 6.54 Å². The highest BCUT2D eigenvalue weighted by Gasteiger charge is 2.17. The second kappa shape index (κ2) is 9.08. The highest BCUT2D eigenvalue weighted by atomic mass is 16.3. The van der Waals surface area contributed by atoms with Crippen LogP contribution in [-0.4, -0.2) is 35.1 Å². The van der Waals surface area contributed by atoms with Crippen LogP contribution in [0.2, 0.25) is 0 Å². The normalized spacial score (nSPS) is 12.1. The molecule has 0 radical (unpaired) electrons. The van der Waals surface area contributed by atoms with Crippen molar-refractivity contribution in [2.45, 2.75) is 25.9 Å². The van der Waals surface area contributed by atoms with E-state index in [9.17, 15) is 9.90 Å². The molecule has 0 heterocycles. The number of carbonyl (C=O) groups is 1. The molecule has 0 bridgehead atoms. The number of nitrogens with one attached hydrogen (secondary N) is 1.